The Balaban J connectivity index is 0.000000810. The molecule has 3 nitrogen and oxygen atoms in total. The molecule has 50 valence electrons. The fourth-order valence-corrected chi connectivity index (χ4v) is 0.526. The third kappa shape index (κ3) is 2.88. The first-order chi connectivity index (χ1) is 4.30. The minimum atomic E-state index is -0.962. The Bertz CT molecular complexity index is 174. The maximum absolute atomic E-state index is 10.1. The molecule has 2 radical (unpaired) electrons. The summed E-state index contributed by atoms with van der Waals surface area (Å²) in [6.45, 7) is 0. The molecule has 0 aromatic rings. The number of allylic oxidation sites excluding steroid dienone is 2. The van der Waals surface area contributed by atoms with Gasteiger partial charge in [-0.2, -0.15) is 0 Å². The normalized spacial score (nSPS) is 21.0. The van der Waals surface area contributed by atoms with E-state index in [0.717, 1.165) is 0 Å². The molecule has 0 saturated heterocycles. The van der Waals surface area contributed by atoms with Gasteiger partial charge in [0.15, 0.2) is 0 Å². The van der Waals surface area contributed by atoms with Crippen molar-refractivity contribution in [2.75, 3.05) is 0 Å². The first-order valence-electron chi connectivity index (χ1n) is 2.52. The number of rotatable bonds is 1. The van der Waals surface area contributed by atoms with Crippen LogP contribution in [0, 0.1) is 0 Å². The van der Waals surface area contributed by atoms with Crippen molar-refractivity contribution in [3.63, 3.8) is 0 Å². The van der Waals surface area contributed by atoms with Gasteiger partial charge in [-0.05, 0) is 12.2 Å². The molecule has 0 bridgehead atoms. The van der Waals surface area contributed by atoms with Gasteiger partial charge in [-0.3, -0.25) is 0 Å². The largest absolute Gasteiger partial charge is 0.482 e. The minimum Gasteiger partial charge on any atom is -0.482 e. The third-order valence-corrected chi connectivity index (χ3v) is 0.944. The standard InChI is InChI=1S/C6H6O3.Sr/c7-6(8)5-3-1-2-4-9-5;/h1-5H,(H,7,8);. The van der Waals surface area contributed by atoms with Crippen LogP contribution in [0.2, 0.25) is 0 Å². The molecule has 10 heavy (non-hydrogen) atoms. The number of carboxylic acids is 1. The van der Waals surface area contributed by atoms with E-state index in [4.69, 9.17) is 5.11 Å². The molecule has 0 fully saturated rings. The van der Waals surface area contributed by atoms with E-state index < -0.39 is 12.1 Å². The van der Waals surface area contributed by atoms with Crippen molar-refractivity contribution in [3.05, 3.63) is 24.5 Å². The predicted molar refractivity (Wildman–Crippen MR) is 36.5 cm³/mol. The molecule has 1 rings (SSSR count). The number of hydrogen-bond donors (Lipinski definition) is 1. The van der Waals surface area contributed by atoms with E-state index in [1.807, 2.05) is 0 Å². The van der Waals surface area contributed by atoms with Gasteiger partial charge in [0, 0.05) is 45.5 Å². The van der Waals surface area contributed by atoms with E-state index in [0.29, 0.717) is 0 Å². The van der Waals surface area contributed by atoms with Crippen LogP contribution in [0.1, 0.15) is 0 Å². The molecule has 1 aliphatic rings. The molecule has 0 saturated carbocycles. The summed E-state index contributed by atoms with van der Waals surface area (Å²) in [6, 6.07) is 0. The van der Waals surface area contributed by atoms with Gasteiger partial charge < -0.3 is 9.84 Å². The summed E-state index contributed by atoms with van der Waals surface area (Å²) < 4.78 is 4.67. The zero-order chi connectivity index (χ0) is 6.69. The Hall–Kier alpha value is 0.231. The van der Waals surface area contributed by atoms with E-state index in [2.05, 4.69) is 4.74 Å². The van der Waals surface area contributed by atoms with Crippen LogP contribution in [0.3, 0.4) is 0 Å². The number of ether oxygens (including phenoxy) is 1. The summed E-state index contributed by atoms with van der Waals surface area (Å²) in [5.74, 6) is -0.962. The Labute approximate surface area is 95.6 Å². The molecule has 0 aliphatic carbocycles. The van der Waals surface area contributed by atoms with E-state index in [-0.39, 0.29) is 45.5 Å². The van der Waals surface area contributed by atoms with Gasteiger partial charge >= 0.3 is 5.97 Å². The summed E-state index contributed by atoms with van der Waals surface area (Å²) >= 11 is 0. The van der Waals surface area contributed by atoms with Gasteiger partial charge in [-0.25, -0.2) is 4.79 Å². The van der Waals surface area contributed by atoms with Crippen molar-refractivity contribution in [2.24, 2.45) is 0 Å². The fourth-order valence-electron chi connectivity index (χ4n) is 0.526. The second kappa shape index (κ2) is 4.96. The minimum absolute atomic E-state index is 0. The van der Waals surface area contributed by atoms with Gasteiger partial charge in [-0.1, -0.05) is 6.08 Å². The van der Waals surface area contributed by atoms with Crippen LogP contribution < -0.4 is 0 Å². The van der Waals surface area contributed by atoms with Crippen molar-refractivity contribution in [1.29, 1.82) is 0 Å². The van der Waals surface area contributed by atoms with Gasteiger partial charge in [0.25, 0.3) is 0 Å². The molecule has 1 N–H and O–H groups in total. The molecule has 0 aromatic heterocycles. The van der Waals surface area contributed by atoms with Gasteiger partial charge in [0.2, 0.25) is 6.10 Å². The number of aliphatic carboxylic acids is 1. The van der Waals surface area contributed by atoms with Crippen LogP contribution in [-0.2, 0) is 9.53 Å². The number of carbonyl (C=O) groups is 1. The summed E-state index contributed by atoms with van der Waals surface area (Å²) in [7, 11) is 0. The predicted octanol–water partition coefficient (Wildman–Crippen LogP) is 0.159. The smallest absolute Gasteiger partial charge is 0.349 e. The van der Waals surface area contributed by atoms with Crippen molar-refractivity contribution >= 4 is 51.5 Å². The van der Waals surface area contributed by atoms with Gasteiger partial charge in [-0.15, -0.1) is 0 Å². The Morgan fingerprint density at radius 1 is 1.50 bits per heavy atom. The van der Waals surface area contributed by atoms with Crippen molar-refractivity contribution in [2.45, 2.75) is 6.10 Å². The first-order valence-corrected chi connectivity index (χ1v) is 2.52. The second-order valence-electron chi connectivity index (χ2n) is 1.61. The van der Waals surface area contributed by atoms with Crippen LogP contribution in [0.25, 0.3) is 0 Å². The molecule has 0 spiro atoms. The molecular formula is C6H6O3Sr. The second-order valence-corrected chi connectivity index (χ2v) is 1.61. The monoisotopic (exact) mass is 214 g/mol. The molecule has 1 atom stereocenters. The molecule has 1 aliphatic heterocycles. The number of carboxylic acid groups (broad SMARTS) is 1. The molecule has 1 unspecified atom stereocenters. The maximum atomic E-state index is 10.1. The molecule has 0 amide bonds. The van der Waals surface area contributed by atoms with E-state index in [9.17, 15) is 4.79 Å². The average Bonchev–Trinajstić information content (AvgIpc) is 1.90. The maximum Gasteiger partial charge on any atom is 0.349 e. The summed E-state index contributed by atoms with van der Waals surface area (Å²) in [6.07, 6.45) is 5.32. The van der Waals surface area contributed by atoms with E-state index in [1.54, 1.807) is 12.2 Å². The topological polar surface area (TPSA) is 46.5 Å². The Morgan fingerprint density at radius 2 is 2.20 bits per heavy atom. The van der Waals surface area contributed by atoms with Gasteiger partial charge in [0.05, 0.1) is 6.26 Å². The summed E-state index contributed by atoms with van der Waals surface area (Å²) in [4.78, 5) is 10.1. The average molecular weight is 214 g/mol. The Morgan fingerprint density at radius 3 is 2.50 bits per heavy atom. The fraction of sp³-hybridized carbons (Fsp3) is 0.167. The zero-order valence-electron chi connectivity index (χ0n) is 5.36. The van der Waals surface area contributed by atoms with Crippen LogP contribution >= 0.6 is 0 Å². The van der Waals surface area contributed by atoms with Crippen LogP contribution in [0.15, 0.2) is 24.5 Å². The first kappa shape index (κ1) is 10.2. The summed E-state index contributed by atoms with van der Waals surface area (Å²) in [5.41, 5.74) is 0. The molecule has 0 aromatic carbocycles. The molecule has 4 heteroatoms. The van der Waals surface area contributed by atoms with Crippen molar-refractivity contribution in [1.82, 2.24) is 0 Å². The third-order valence-electron chi connectivity index (χ3n) is 0.944. The van der Waals surface area contributed by atoms with Gasteiger partial charge in [0.1, 0.15) is 0 Å². The van der Waals surface area contributed by atoms with Crippen LogP contribution in [0.5, 0.6) is 0 Å². The van der Waals surface area contributed by atoms with Crippen LogP contribution in [-0.4, -0.2) is 62.7 Å². The zero-order valence-corrected chi connectivity index (χ0v) is 8.83. The van der Waals surface area contributed by atoms with Crippen LogP contribution in [0.4, 0.5) is 0 Å². The van der Waals surface area contributed by atoms with Crippen molar-refractivity contribution in [3.8, 4) is 0 Å². The van der Waals surface area contributed by atoms with E-state index >= 15 is 0 Å². The summed E-state index contributed by atoms with van der Waals surface area (Å²) in [5, 5.41) is 8.33. The Kier molecular flexibility index (Phi) is 5.07. The quantitative estimate of drug-likeness (QED) is 0.632. The van der Waals surface area contributed by atoms with E-state index in [1.165, 1.54) is 12.3 Å². The molecular weight excluding hydrogens is 208 g/mol. The van der Waals surface area contributed by atoms with Crippen molar-refractivity contribution < 1.29 is 14.6 Å². The SMILES string of the molecule is O=C(O)C1C=CC=CO1.[Sr]. The number of hydrogen-bond acceptors (Lipinski definition) is 2. The molecule has 1 heterocycles.